The molecule has 0 saturated carbocycles. The second-order valence-electron chi connectivity index (χ2n) is 7.68. The summed E-state index contributed by atoms with van der Waals surface area (Å²) < 4.78 is 0. The van der Waals surface area contributed by atoms with Crippen molar-refractivity contribution in [3.8, 4) is 0 Å². The number of carbonyl (C=O) groups excluding carboxylic acids is 1. The first kappa shape index (κ1) is 22.9. The van der Waals surface area contributed by atoms with Crippen molar-refractivity contribution in [2.45, 2.75) is 62.8 Å². The molecule has 1 aliphatic rings. The molecule has 7 heteroatoms. The van der Waals surface area contributed by atoms with Gasteiger partial charge in [-0.25, -0.2) is 9.97 Å². The van der Waals surface area contributed by atoms with E-state index in [1.54, 1.807) is 11.8 Å². The normalized spacial score (nSPS) is 14.0. The van der Waals surface area contributed by atoms with Crippen LogP contribution in [0.2, 0.25) is 5.15 Å². The fraction of sp³-hybridized carbons (Fsp3) is 0.522. The Balaban J connectivity index is 1.51. The number of nitrogens with one attached hydrogen (secondary N) is 1. The van der Waals surface area contributed by atoms with Crippen LogP contribution in [-0.4, -0.2) is 35.5 Å². The number of halogens is 1. The molecule has 1 aromatic heterocycles. The topological polar surface area (TPSA) is 58.1 Å². The monoisotopic (exact) mass is 446 g/mol. The summed E-state index contributed by atoms with van der Waals surface area (Å²) >= 11 is 7.81. The lowest BCUT2D eigenvalue weighted by atomic mass is 10.1. The Bertz CT molecular complexity index is 809. The van der Waals surface area contributed by atoms with Crippen LogP contribution < -0.4 is 10.2 Å². The van der Waals surface area contributed by atoms with Crippen LogP contribution in [-0.2, 0) is 5.75 Å². The zero-order valence-electron chi connectivity index (χ0n) is 17.7. The first-order valence-electron chi connectivity index (χ1n) is 10.9. The van der Waals surface area contributed by atoms with Gasteiger partial charge in [-0.3, -0.25) is 4.79 Å². The van der Waals surface area contributed by atoms with E-state index in [9.17, 15) is 4.79 Å². The van der Waals surface area contributed by atoms with Crippen molar-refractivity contribution in [3.05, 3.63) is 46.6 Å². The van der Waals surface area contributed by atoms with E-state index in [4.69, 9.17) is 16.6 Å². The van der Waals surface area contributed by atoms with E-state index in [-0.39, 0.29) is 5.91 Å². The fourth-order valence-corrected chi connectivity index (χ4v) is 4.53. The van der Waals surface area contributed by atoms with E-state index in [0.717, 1.165) is 49.6 Å². The summed E-state index contributed by atoms with van der Waals surface area (Å²) in [5.74, 6) is 1.65. The maximum absolute atomic E-state index is 12.2. The molecule has 0 unspecified atom stereocenters. The number of benzene rings is 1. The van der Waals surface area contributed by atoms with Crippen molar-refractivity contribution in [1.29, 1.82) is 0 Å². The van der Waals surface area contributed by atoms with E-state index in [1.807, 2.05) is 30.3 Å². The predicted molar refractivity (Wildman–Crippen MR) is 126 cm³/mol. The van der Waals surface area contributed by atoms with Crippen LogP contribution in [0, 0.1) is 0 Å². The standard InChI is InChI=1S/C23H31ClN4OS/c1-2-3-4-6-13-25-22(29)19-11-9-18(10-12-19)17-30-23-26-20(24)16-21(27-23)28-14-7-5-8-15-28/h9-12,16H,2-8,13-15,17H2,1H3,(H,25,29). The lowest BCUT2D eigenvalue weighted by Gasteiger charge is -2.27. The van der Waals surface area contributed by atoms with E-state index < -0.39 is 0 Å². The van der Waals surface area contributed by atoms with Gasteiger partial charge in [-0.15, -0.1) is 0 Å². The highest BCUT2D eigenvalue weighted by Gasteiger charge is 2.14. The van der Waals surface area contributed by atoms with Gasteiger partial charge in [0.05, 0.1) is 0 Å². The molecule has 1 aromatic carbocycles. The Morgan fingerprint density at radius 2 is 1.87 bits per heavy atom. The molecular formula is C23H31ClN4OS. The molecule has 5 nitrogen and oxygen atoms in total. The fourth-order valence-electron chi connectivity index (χ4n) is 3.49. The third-order valence-corrected chi connectivity index (χ3v) is 6.35. The van der Waals surface area contributed by atoms with Gasteiger partial charge in [-0.05, 0) is 43.4 Å². The first-order valence-corrected chi connectivity index (χ1v) is 12.3. The quantitative estimate of drug-likeness (QED) is 0.219. The molecule has 1 amide bonds. The van der Waals surface area contributed by atoms with Gasteiger partial charge in [0.1, 0.15) is 11.0 Å². The van der Waals surface area contributed by atoms with Gasteiger partial charge in [0.2, 0.25) is 0 Å². The summed E-state index contributed by atoms with van der Waals surface area (Å²) in [4.78, 5) is 23.6. The lowest BCUT2D eigenvalue weighted by molar-refractivity contribution is 0.0953. The number of thioether (sulfide) groups is 1. The number of hydrogen-bond acceptors (Lipinski definition) is 5. The average Bonchev–Trinajstić information content (AvgIpc) is 2.78. The van der Waals surface area contributed by atoms with Crippen LogP contribution in [0.15, 0.2) is 35.5 Å². The molecule has 1 N–H and O–H groups in total. The maximum Gasteiger partial charge on any atom is 0.251 e. The van der Waals surface area contributed by atoms with Crippen LogP contribution in [0.3, 0.4) is 0 Å². The number of amides is 1. The van der Waals surface area contributed by atoms with Crippen molar-refractivity contribution in [1.82, 2.24) is 15.3 Å². The number of hydrogen-bond donors (Lipinski definition) is 1. The van der Waals surface area contributed by atoms with Gasteiger partial charge in [0, 0.05) is 37.0 Å². The SMILES string of the molecule is CCCCCCNC(=O)c1ccc(CSc2nc(Cl)cc(N3CCCCC3)n2)cc1. The van der Waals surface area contributed by atoms with Crippen LogP contribution in [0.1, 0.15) is 67.8 Å². The van der Waals surface area contributed by atoms with Gasteiger partial charge in [0.25, 0.3) is 5.91 Å². The molecule has 162 valence electrons. The number of aromatic nitrogens is 2. The third kappa shape index (κ3) is 7.17. The van der Waals surface area contributed by atoms with Crippen LogP contribution >= 0.6 is 23.4 Å². The minimum Gasteiger partial charge on any atom is -0.356 e. The van der Waals surface area contributed by atoms with E-state index >= 15 is 0 Å². The second kappa shape index (κ2) is 12.2. The average molecular weight is 447 g/mol. The van der Waals surface area contributed by atoms with Crippen molar-refractivity contribution < 1.29 is 4.79 Å². The van der Waals surface area contributed by atoms with Gasteiger partial charge < -0.3 is 10.2 Å². The van der Waals surface area contributed by atoms with E-state index in [1.165, 1.54) is 32.1 Å². The molecule has 1 saturated heterocycles. The molecule has 0 spiro atoms. The highest BCUT2D eigenvalue weighted by Crippen LogP contribution is 2.26. The maximum atomic E-state index is 12.2. The Hall–Kier alpha value is -1.79. The molecule has 2 heterocycles. The molecule has 1 aliphatic heterocycles. The van der Waals surface area contributed by atoms with Gasteiger partial charge in [-0.2, -0.15) is 0 Å². The summed E-state index contributed by atoms with van der Waals surface area (Å²) in [5, 5.41) is 4.17. The molecule has 0 radical (unpaired) electrons. The van der Waals surface area contributed by atoms with Crippen molar-refractivity contribution in [2.75, 3.05) is 24.5 Å². The number of anilines is 1. The summed E-state index contributed by atoms with van der Waals surface area (Å²) in [7, 11) is 0. The Labute approximate surface area is 189 Å². The van der Waals surface area contributed by atoms with Gasteiger partial charge in [0.15, 0.2) is 5.16 Å². The minimum atomic E-state index is -0.00458. The number of nitrogens with zero attached hydrogens (tertiary/aromatic N) is 3. The molecule has 3 rings (SSSR count). The second-order valence-corrected chi connectivity index (χ2v) is 9.01. The molecule has 30 heavy (non-hydrogen) atoms. The lowest BCUT2D eigenvalue weighted by Crippen LogP contribution is -2.30. The highest BCUT2D eigenvalue weighted by atomic mass is 35.5. The van der Waals surface area contributed by atoms with Crippen molar-refractivity contribution in [3.63, 3.8) is 0 Å². The molecular weight excluding hydrogens is 416 g/mol. The van der Waals surface area contributed by atoms with E-state index in [2.05, 4.69) is 22.1 Å². The summed E-state index contributed by atoms with van der Waals surface area (Å²) in [5.41, 5.74) is 1.83. The Morgan fingerprint density at radius 3 is 2.60 bits per heavy atom. The van der Waals surface area contributed by atoms with Gasteiger partial charge >= 0.3 is 0 Å². The third-order valence-electron chi connectivity index (χ3n) is 5.24. The number of rotatable bonds is 10. The number of unbranched alkanes of at least 4 members (excludes halogenated alkanes) is 3. The van der Waals surface area contributed by atoms with Gasteiger partial charge in [-0.1, -0.05) is 61.7 Å². The van der Waals surface area contributed by atoms with Crippen LogP contribution in [0.5, 0.6) is 0 Å². The van der Waals surface area contributed by atoms with Crippen molar-refractivity contribution >= 4 is 35.1 Å². The smallest absolute Gasteiger partial charge is 0.251 e. The molecule has 0 bridgehead atoms. The number of piperidine rings is 1. The highest BCUT2D eigenvalue weighted by molar-refractivity contribution is 7.98. The summed E-state index contributed by atoms with van der Waals surface area (Å²) in [6.45, 7) is 4.98. The van der Waals surface area contributed by atoms with Crippen LogP contribution in [0.4, 0.5) is 5.82 Å². The largest absolute Gasteiger partial charge is 0.356 e. The van der Waals surface area contributed by atoms with Crippen LogP contribution in [0.25, 0.3) is 0 Å². The molecule has 0 atom stereocenters. The van der Waals surface area contributed by atoms with Crippen molar-refractivity contribution in [2.24, 2.45) is 0 Å². The molecule has 2 aromatic rings. The summed E-state index contributed by atoms with van der Waals surface area (Å²) in [6, 6.07) is 9.61. The predicted octanol–water partition coefficient (Wildman–Crippen LogP) is 5.72. The van der Waals surface area contributed by atoms with E-state index in [0.29, 0.717) is 15.9 Å². The minimum absolute atomic E-state index is 0.00458. The summed E-state index contributed by atoms with van der Waals surface area (Å²) in [6.07, 6.45) is 8.30. The molecule has 1 fully saturated rings. The number of carbonyl (C=O) groups is 1. The zero-order valence-corrected chi connectivity index (χ0v) is 19.3. The molecule has 0 aliphatic carbocycles. The Morgan fingerprint density at radius 1 is 1.10 bits per heavy atom. The zero-order chi connectivity index (χ0) is 21.2. The first-order chi connectivity index (χ1) is 14.7. The Kier molecular flexibility index (Phi) is 9.27.